The summed E-state index contributed by atoms with van der Waals surface area (Å²) in [6.07, 6.45) is 1.35. The Bertz CT molecular complexity index is 1150. The van der Waals surface area contributed by atoms with Crippen LogP contribution in [0.25, 0.3) is 5.70 Å². The molecule has 2 aromatic carbocycles. The van der Waals surface area contributed by atoms with Gasteiger partial charge in [-0.2, -0.15) is 0 Å². The zero-order chi connectivity index (χ0) is 21.3. The van der Waals surface area contributed by atoms with Gasteiger partial charge < -0.3 is 9.47 Å². The molecule has 0 bridgehead atoms. The van der Waals surface area contributed by atoms with Gasteiger partial charge >= 0.3 is 0 Å². The first-order valence-corrected chi connectivity index (χ1v) is 11.6. The molecular weight excluding hydrogens is 468 g/mol. The van der Waals surface area contributed by atoms with Crippen LogP contribution in [0.3, 0.4) is 0 Å². The number of rotatable bonds is 5. The van der Waals surface area contributed by atoms with Gasteiger partial charge in [0.1, 0.15) is 5.70 Å². The average Bonchev–Trinajstić information content (AvgIpc) is 2.75. The lowest BCUT2D eigenvalue weighted by molar-refractivity contribution is -0.116. The highest BCUT2D eigenvalue weighted by atomic mass is 79.9. The predicted octanol–water partition coefficient (Wildman–Crippen LogP) is 2.75. The lowest BCUT2D eigenvalue weighted by atomic mass is 10.1. The number of hydrazone groups is 1. The van der Waals surface area contributed by atoms with Crippen LogP contribution in [0.2, 0.25) is 0 Å². The minimum Gasteiger partial charge on any atom is -0.490 e. The Kier molecular flexibility index (Phi) is 6.01. The first-order valence-electron chi connectivity index (χ1n) is 9.56. The van der Waals surface area contributed by atoms with Crippen molar-refractivity contribution in [2.24, 2.45) is 10.1 Å². The Morgan fingerprint density at radius 2 is 1.97 bits per heavy atom. The van der Waals surface area contributed by atoms with E-state index in [1.807, 2.05) is 56.5 Å². The number of para-hydroxylation sites is 1. The maximum Gasteiger partial charge on any atom is 0.276 e. The zero-order valence-electron chi connectivity index (χ0n) is 16.8. The van der Waals surface area contributed by atoms with Crippen molar-refractivity contribution in [2.45, 2.75) is 20.0 Å². The molecule has 0 aromatic heterocycles. The summed E-state index contributed by atoms with van der Waals surface area (Å²) < 4.78 is 12.4. The largest absolute Gasteiger partial charge is 0.490 e. The van der Waals surface area contributed by atoms with E-state index in [4.69, 9.17) is 14.5 Å². The number of hydrogen-bond acceptors (Lipinski definition) is 7. The summed E-state index contributed by atoms with van der Waals surface area (Å²) in [5, 5.41) is 11.2. The van der Waals surface area contributed by atoms with Crippen LogP contribution in [0, 0.1) is 0 Å². The molecular formula is C21H21BrN4O3S. The van der Waals surface area contributed by atoms with E-state index >= 15 is 0 Å². The van der Waals surface area contributed by atoms with Crippen LogP contribution < -0.4 is 25.4 Å². The maximum atomic E-state index is 12.9. The molecule has 9 heteroatoms. The van der Waals surface area contributed by atoms with Gasteiger partial charge in [0.2, 0.25) is 0 Å². The molecule has 1 atom stereocenters. The van der Waals surface area contributed by atoms with Gasteiger partial charge in [-0.1, -0.05) is 30.0 Å². The molecule has 7 nitrogen and oxygen atoms in total. The van der Waals surface area contributed by atoms with Crippen molar-refractivity contribution in [3.63, 3.8) is 0 Å². The van der Waals surface area contributed by atoms with Crippen LogP contribution in [0.4, 0.5) is 0 Å². The molecule has 30 heavy (non-hydrogen) atoms. The third-order valence-corrected chi connectivity index (χ3v) is 5.79. The fourth-order valence-corrected chi connectivity index (χ4v) is 4.36. The van der Waals surface area contributed by atoms with E-state index < -0.39 is 6.17 Å². The van der Waals surface area contributed by atoms with Crippen molar-refractivity contribution in [1.29, 1.82) is 0 Å². The van der Waals surface area contributed by atoms with E-state index in [0.29, 0.717) is 35.6 Å². The van der Waals surface area contributed by atoms with Crippen LogP contribution in [-0.4, -0.2) is 35.6 Å². The predicted molar refractivity (Wildman–Crippen MR) is 121 cm³/mol. The molecule has 0 radical (unpaired) electrons. The molecule has 0 aliphatic carbocycles. The molecule has 2 aliphatic heterocycles. The van der Waals surface area contributed by atoms with Gasteiger partial charge in [-0.05, 0) is 54.2 Å². The summed E-state index contributed by atoms with van der Waals surface area (Å²) in [5.74, 6) is 1.07. The van der Waals surface area contributed by atoms with E-state index in [0.717, 1.165) is 20.6 Å². The second kappa shape index (κ2) is 8.69. The van der Waals surface area contributed by atoms with E-state index in [9.17, 15) is 4.79 Å². The van der Waals surface area contributed by atoms with Crippen LogP contribution >= 0.6 is 27.7 Å². The molecule has 4 rings (SSSR count). The number of benzene rings is 2. The summed E-state index contributed by atoms with van der Waals surface area (Å²) in [6, 6.07) is 11.4. The summed E-state index contributed by atoms with van der Waals surface area (Å²) in [7, 11) is 0. The number of nitrogens with one attached hydrogen (secondary N) is 1. The molecule has 0 spiro atoms. The molecule has 0 saturated carbocycles. The smallest absolute Gasteiger partial charge is 0.276 e. The number of amidine groups is 1. The van der Waals surface area contributed by atoms with Crippen molar-refractivity contribution < 1.29 is 14.3 Å². The monoisotopic (exact) mass is 488 g/mol. The summed E-state index contributed by atoms with van der Waals surface area (Å²) >= 11 is 4.98. The Hall–Kier alpha value is -2.52. The van der Waals surface area contributed by atoms with Crippen LogP contribution in [0.5, 0.6) is 11.5 Å². The average molecular weight is 489 g/mol. The number of thioether (sulfide) groups is 1. The molecule has 0 saturated heterocycles. The van der Waals surface area contributed by atoms with E-state index in [2.05, 4.69) is 26.3 Å². The fourth-order valence-electron chi connectivity index (χ4n) is 3.42. The summed E-state index contributed by atoms with van der Waals surface area (Å²) in [5.41, 5.74) is 1.31. The minimum atomic E-state index is -0.519. The van der Waals surface area contributed by atoms with E-state index in [-0.39, 0.29) is 5.91 Å². The topological polar surface area (TPSA) is 75.5 Å². The summed E-state index contributed by atoms with van der Waals surface area (Å²) in [4.78, 5) is 17.8. The molecule has 2 aliphatic rings. The van der Waals surface area contributed by atoms with Crippen molar-refractivity contribution in [3.05, 3.63) is 57.0 Å². The van der Waals surface area contributed by atoms with Gasteiger partial charge in [0, 0.05) is 10.8 Å². The molecule has 2 heterocycles. The van der Waals surface area contributed by atoms with Gasteiger partial charge in [-0.25, -0.2) is 5.01 Å². The lowest BCUT2D eigenvalue weighted by Crippen LogP contribution is -2.50. The molecule has 1 N–H and O–H groups in total. The Morgan fingerprint density at radius 3 is 2.70 bits per heavy atom. The number of hydrogen-bond donors (Lipinski definition) is 1. The number of carbonyl (C=O) groups is 1. The quantitative estimate of drug-likeness (QED) is 0.700. The van der Waals surface area contributed by atoms with Gasteiger partial charge in [0.25, 0.3) is 5.91 Å². The normalized spacial score (nSPS) is 17.4. The fraction of sp³-hybridized carbons (Fsp3) is 0.286. The standard InChI is InChI=1S/C21H21BrN4O3S/c1-4-28-16-11-12(10-14(22)18(16)29-5-2)19-23-15-9-7-6-8-13(15)17-20(27)24-21(30-3)25-26(17)19/h6-11,19H,4-5H2,1-3H3,(H,24,25,27)/t19-/m0/s1. The number of ether oxygens (including phenoxy) is 2. The summed E-state index contributed by atoms with van der Waals surface area (Å²) in [6.45, 7) is 4.87. The Labute approximate surface area is 187 Å². The van der Waals surface area contributed by atoms with Crippen molar-refractivity contribution in [3.8, 4) is 11.5 Å². The van der Waals surface area contributed by atoms with Gasteiger partial charge in [-0.3, -0.25) is 15.1 Å². The number of nitrogens with zero attached hydrogens (tertiary/aromatic N) is 3. The third-order valence-electron chi connectivity index (χ3n) is 4.63. The molecule has 0 fully saturated rings. The highest BCUT2D eigenvalue weighted by Crippen LogP contribution is 2.41. The Morgan fingerprint density at radius 1 is 1.20 bits per heavy atom. The van der Waals surface area contributed by atoms with Gasteiger partial charge in [0.05, 0.1) is 23.0 Å². The van der Waals surface area contributed by atoms with Crippen LogP contribution in [0.1, 0.15) is 25.6 Å². The zero-order valence-corrected chi connectivity index (χ0v) is 19.2. The number of carbonyl (C=O) groups excluding carboxylic acids is 1. The lowest BCUT2D eigenvalue weighted by Gasteiger charge is -2.34. The van der Waals surface area contributed by atoms with Crippen LogP contribution in [-0.2, 0) is 4.79 Å². The first kappa shape index (κ1) is 20.7. The van der Waals surface area contributed by atoms with E-state index in [1.54, 1.807) is 5.01 Å². The number of amides is 1. The second-order valence-corrected chi connectivity index (χ2v) is 8.12. The highest BCUT2D eigenvalue weighted by Gasteiger charge is 2.34. The van der Waals surface area contributed by atoms with Crippen molar-refractivity contribution in [1.82, 2.24) is 10.3 Å². The van der Waals surface area contributed by atoms with Gasteiger partial charge in [0.15, 0.2) is 22.8 Å². The molecule has 0 unspecified atom stereocenters. The maximum absolute atomic E-state index is 12.9. The molecule has 2 aromatic rings. The van der Waals surface area contributed by atoms with Gasteiger partial charge in [-0.15, -0.1) is 5.10 Å². The SMILES string of the molecule is CCOc1cc([C@H]2N=c3ccccc3=C3C(=O)NC(SC)=NN32)cc(Br)c1OCC. The first-order chi connectivity index (χ1) is 14.6. The minimum absolute atomic E-state index is 0.197. The number of halogens is 1. The molecule has 1 amide bonds. The van der Waals surface area contributed by atoms with Crippen LogP contribution in [0.15, 0.2) is 51.0 Å². The second-order valence-electron chi connectivity index (χ2n) is 6.47. The Balaban J connectivity index is 1.93. The molecule has 156 valence electrons. The number of fused-ring (bicyclic) bond motifs is 2. The third kappa shape index (κ3) is 3.67. The van der Waals surface area contributed by atoms with E-state index in [1.165, 1.54) is 11.8 Å². The van der Waals surface area contributed by atoms with Crippen molar-refractivity contribution in [2.75, 3.05) is 19.5 Å². The highest BCUT2D eigenvalue weighted by molar-refractivity contribution is 9.10. The van der Waals surface area contributed by atoms with Crippen molar-refractivity contribution >= 4 is 44.5 Å².